The van der Waals surface area contributed by atoms with Crippen LogP contribution in [0.2, 0.25) is 0 Å². The van der Waals surface area contributed by atoms with Gasteiger partial charge in [0.1, 0.15) is 48.8 Å². The lowest BCUT2D eigenvalue weighted by Gasteiger charge is -2.46. The van der Waals surface area contributed by atoms with Gasteiger partial charge in [-0.25, -0.2) is 0 Å². The van der Waals surface area contributed by atoms with E-state index in [2.05, 4.69) is 13.8 Å². The minimum atomic E-state index is -1.70. The SMILES string of the molecule is CCCCCCCCCCCCCCCCCC(CCC)O[C@@H]1O[C@H](CO)[C@H](O[C@H]2O[C@H](CO)[C@@H](O)[C@H](O)[C@H]2O)[C@H](O)[C@H]1O. The molecule has 0 bridgehead atoms. The third kappa shape index (κ3) is 13.4. The van der Waals surface area contributed by atoms with E-state index < -0.39 is 74.6 Å². The van der Waals surface area contributed by atoms with Crippen LogP contribution in [0.25, 0.3) is 0 Å². The zero-order valence-corrected chi connectivity index (χ0v) is 27.3. The first kappa shape index (κ1) is 39.7. The summed E-state index contributed by atoms with van der Waals surface area (Å²) in [4.78, 5) is 0. The smallest absolute Gasteiger partial charge is 0.187 e. The van der Waals surface area contributed by atoms with Gasteiger partial charge in [0.25, 0.3) is 0 Å². The molecule has 1 unspecified atom stereocenters. The standard InChI is InChI=1S/C33H64O11/c1-3-5-6-7-8-9-10-11-12-13-14-15-16-17-18-20-23(19-4-2)41-32-30(40)28(38)31(25(22-35)43-32)44-33-29(39)27(37)26(36)24(21-34)42-33/h23-40H,3-22H2,1-2H3/t23?,24-,25-,26-,27+,28-,29-,30-,31+,32-,33-/m1/s1. The zero-order chi connectivity index (χ0) is 32.3. The Labute approximate surface area is 264 Å². The minimum Gasteiger partial charge on any atom is -0.394 e. The maximum Gasteiger partial charge on any atom is 0.187 e. The van der Waals surface area contributed by atoms with Crippen molar-refractivity contribution in [1.82, 2.24) is 0 Å². The van der Waals surface area contributed by atoms with Crippen LogP contribution < -0.4 is 0 Å². The van der Waals surface area contributed by atoms with Crippen LogP contribution in [-0.4, -0.2) is 116 Å². The summed E-state index contributed by atoms with van der Waals surface area (Å²) < 4.78 is 22.9. The fourth-order valence-electron chi connectivity index (χ4n) is 6.20. The van der Waals surface area contributed by atoms with Crippen LogP contribution in [0.1, 0.15) is 129 Å². The van der Waals surface area contributed by atoms with Crippen LogP contribution in [0.5, 0.6) is 0 Å². The van der Waals surface area contributed by atoms with Crippen molar-refractivity contribution < 1.29 is 54.7 Å². The van der Waals surface area contributed by atoms with Gasteiger partial charge >= 0.3 is 0 Å². The van der Waals surface area contributed by atoms with Crippen LogP contribution in [0.4, 0.5) is 0 Å². The molecule has 11 atom stereocenters. The van der Waals surface area contributed by atoms with E-state index in [-0.39, 0.29) is 6.10 Å². The number of rotatable bonds is 24. The number of hydrogen-bond acceptors (Lipinski definition) is 11. The molecule has 0 aromatic carbocycles. The third-order valence-electron chi connectivity index (χ3n) is 9.03. The Morgan fingerprint density at radius 3 is 1.48 bits per heavy atom. The molecule has 0 aromatic heterocycles. The highest BCUT2D eigenvalue weighted by Gasteiger charge is 2.51. The van der Waals surface area contributed by atoms with Crippen molar-refractivity contribution >= 4 is 0 Å². The molecule has 0 aromatic rings. The van der Waals surface area contributed by atoms with Gasteiger partial charge in [0, 0.05) is 0 Å². The number of aliphatic hydroxyl groups is 7. The number of ether oxygens (including phenoxy) is 4. The molecule has 262 valence electrons. The Hall–Kier alpha value is -0.440. The highest BCUT2D eigenvalue weighted by molar-refractivity contribution is 4.94. The monoisotopic (exact) mass is 636 g/mol. The summed E-state index contributed by atoms with van der Waals surface area (Å²) in [5, 5.41) is 71.5. The van der Waals surface area contributed by atoms with E-state index in [9.17, 15) is 35.7 Å². The van der Waals surface area contributed by atoms with Gasteiger partial charge in [-0.1, -0.05) is 117 Å². The number of unbranched alkanes of at least 4 members (excludes halogenated alkanes) is 14. The van der Waals surface area contributed by atoms with Crippen molar-refractivity contribution in [2.75, 3.05) is 13.2 Å². The molecule has 0 amide bonds. The molecule has 0 radical (unpaired) electrons. The van der Waals surface area contributed by atoms with E-state index in [0.717, 1.165) is 32.1 Å². The van der Waals surface area contributed by atoms with Crippen molar-refractivity contribution in [3.8, 4) is 0 Å². The first-order valence-corrected chi connectivity index (χ1v) is 17.5. The summed E-state index contributed by atoms with van der Waals surface area (Å²) in [6.45, 7) is 3.08. The molecular formula is C33H64O11. The second-order valence-corrected chi connectivity index (χ2v) is 12.8. The second kappa shape index (κ2) is 23.0. The minimum absolute atomic E-state index is 0.184. The highest BCUT2D eigenvalue weighted by Crippen LogP contribution is 2.31. The van der Waals surface area contributed by atoms with E-state index in [0.29, 0.717) is 0 Å². The number of hydrogen-bond donors (Lipinski definition) is 7. The van der Waals surface area contributed by atoms with Crippen LogP contribution in [-0.2, 0) is 18.9 Å². The molecule has 7 N–H and O–H groups in total. The maximum absolute atomic E-state index is 10.9. The summed E-state index contributed by atoms with van der Waals surface area (Å²) in [5.41, 5.74) is 0. The molecule has 2 rings (SSSR count). The van der Waals surface area contributed by atoms with E-state index in [1.807, 2.05) is 0 Å². The molecule has 0 aliphatic carbocycles. The first-order valence-electron chi connectivity index (χ1n) is 17.5. The molecule has 2 aliphatic heterocycles. The van der Waals surface area contributed by atoms with Gasteiger partial charge in [0.05, 0.1) is 19.3 Å². The van der Waals surface area contributed by atoms with Gasteiger partial charge in [0.2, 0.25) is 0 Å². The Morgan fingerprint density at radius 1 is 0.500 bits per heavy atom. The molecule has 2 fully saturated rings. The van der Waals surface area contributed by atoms with Crippen molar-refractivity contribution in [2.24, 2.45) is 0 Å². The quantitative estimate of drug-likeness (QED) is 0.0775. The van der Waals surface area contributed by atoms with E-state index >= 15 is 0 Å². The van der Waals surface area contributed by atoms with Gasteiger partial charge in [-0.2, -0.15) is 0 Å². The average molecular weight is 637 g/mol. The lowest BCUT2D eigenvalue weighted by Crippen LogP contribution is -2.64. The van der Waals surface area contributed by atoms with E-state index in [1.165, 1.54) is 83.5 Å². The molecule has 44 heavy (non-hydrogen) atoms. The van der Waals surface area contributed by atoms with Gasteiger partial charge in [0.15, 0.2) is 12.6 Å². The van der Waals surface area contributed by atoms with Crippen LogP contribution in [0.15, 0.2) is 0 Å². The molecule has 11 heteroatoms. The normalized spacial score (nSPS) is 33.5. The van der Waals surface area contributed by atoms with E-state index in [1.54, 1.807) is 0 Å². The third-order valence-corrected chi connectivity index (χ3v) is 9.03. The van der Waals surface area contributed by atoms with Gasteiger partial charge in [-0.05, 0) is 12.8 Å². The van der Waals surface area contributed by atoms with Crippen molar-refractivity contribution in [2.45, 2.75) is 197 Å². The zero-order valence-electron chi connectivity index (χ0n) is 27.3. The summed E-state index contributed by atoms with van der Waals surface area (Å²) in [6, 6.07) is 0. The Bertz CT molecular complexity index is 697. The lowest BCUT2D eigenvalue weighted by molar-refractivity contribution is -0.363. The molecule has 2 saturated heterocycles. The molecule has 2 aliphatic rings. The maximum atomic E-state index is 10.9. The average Bonchev–Trinajstić information content (AvgIpc) is 3.02. The lowest BCUT2D eigenvalue weighted by atomic mass is 9.97. The fraction of sp³-hybridized carbons (Fsp3) is 1.00. The fourth-order valence-corrected chi connectivity index (χ4v) is 6.20. The topological polar surface area (TPSA) is 179 Å². The summed E-state index contributed by atoms with van der Waals surface area (Å²) >= 11 is 0. The summed E-state index contributed by atoms with van der Waals surface area (Å²) in [6.07, 6.45) is 7.20. The predicted molar refractivity (Wildman–Crippen MR) is 166 cm³/mol. The molecule has 0 spiro atoms. The molecule has 11 nitrogen and oxygen atoms in total. The summed E-state index contributed by atoms with van der Waals surface area (Å²) in [7, 11) is 0. The Kier molecular flexibility index (Phi) is 20.8. The van der Waals surface area contributed by atoms with E-state index in [4.69, 9.17) is 18.9 Å². The van der Waals surface area contributed by atoms with Crippen molar-refractivity contribution in [3.63, 3.8) is 0 Å². The van der Waals surface area contributed by atoms with Gasteiger partial charge in [-0.3, -0.25) is 0 Å². The predicted octanol–water partition coefficient (Wildman–Crippen LogP) is 3.06. The highest BCUT2D eigenvalue weighted by atomic mass is 16.7. The summed E-state index contributed by atoms with van der Waals surface area (Å²) in [5.74, 6) is 0. The first-order chi connectivity index (χ1) is 21.3. The Balaban J connectivity index is 1.70. The number of aliphatic hydroxyl groups excluding tert-OH is 7. The molecular weight excluding hydrogens is 572 g/mol. The van der Waals surface area contributed by atoms with Crippen LogP contribution in [0.3, 0.4) is 0 Å². The van der Waals surface area contributed by atoms with Gasteiger partial charge < -0.3 is 54.7 Å². The second-order valence-electron chi connectivity index (χ2n) is 12.8. The van der Waals surface area contributed by atoms with Crippen molar-refractivity contribution in [3.05, 3.63) is 0 Å². The largest absolute Gasteiger partial charge is 0.394 e. The molecule has 2 heterocycles. The van der Waals surface area contributed by atoms with Gasteiger partial charge in [-0.15, -0.1) is 0 Å². The van der Waals surface area contributed by atoms with Crippen molar-refractivity contribution in [1.29, 1.82) is 0 Å². The van der Waals surface area contributed by atoms with Crippen LogP contribution in [0, 0.1) is 0 Å². The Morgan fingerprint density at radius 2 is 0.977 bits per heavy atom. The van der Waals surface area contributed by atoms with Crippen LogP contribution >= 0.6 is 0 Å². The molecule has 0 saturated carbocycles.